The average Bonchev–Trinajstić information content (AvgIpc) is 2.89. The summed E-state index contributed by atoms with van der Waals surface area (Å²) >= 11 is 0. The highest BCUT2D eigenvalue weighted by molar-refractivity contribution is 5.98. The second-order valence-corrected chi connectivity index (χ2v) is 7.87. The highest BCUT2D eigenvalue weighted by Crippen LogP contribution is 2.39. The van der Waals surface area contributed by atoms with Crippen LogP contribution in [-0.4, -0.2) is 31.1 Å². The lowest BCUT2D eigenvalue weighted by Crippen LogP contribution is -2.28. The van der Waals surface area contributed by atoms with E-state index in [9.17, 15) is 14.0 Å². The van der Waals surface area contributed by atoms with Gasteiger partial charge in [-0.2, -0.15) is 0 Å². The lowest BCUT2D eigenvalue weighted by molar-refractivity contribution is -0.137. The molecule has 0 spiro atoms. The average molecular weight is 474 g/mol. The van der Waals surface area contributed by atoms with Gasteiger partial charge in [-0.1, -0.05) is 42.5 Å². The third-order valence-corrected chi connectivity index (χ3v) is 5.52. The van der Waals surface area contributed by atoms with Crippen LogP contribution in [0.25, 0.3) is 0 Å². The van der Waals surface area contributed by atoms with Crippen molar-refractivity contribution in [3.05, 3.63) is 119 Å². The van der Waals surface area contributed by atoms with E-state index in [2.05, 4.69) is 0 Å². The Morgan fingerprint density at radius 3 is 2.00 bits per heavy atom. The van der Waals surface area contributed by atoms with Gasteiger partial charge in [0.05, 0.1) is 31.3 Å². The van der Waals surface area contributed by atoms with E-state index in [0.717, 1.165) is 5.56 Å². The SMILES string of the molecule is COC(=O)C1=CN(Cc2ccc(F)cc2)C=C(C(=O)OC)C1c1cccc(Oc2ccccc2)c1. The first kappa shape index (κ1) is 23.8. The molecule has 0 saturated carbocycles. The van der Waals surface area contributed by atoms with Crippen LogP contribution in [0, 0.1) is 5.82 Å². The van der Waals surface area contributed by atoms with Crippen LogP contribution in [0.15, 0.2) is 102 Å². The zero-order valence-electron chi connectivity index (χ0n) is 19.3. The minimum absolute atomic E-state index is 0.259. The predicted octanol–water partition coefficient (Wildman–Crippen LogP) is 5.33. The molecule has 0 aliphatic carbocycles. The van der Waals surface area contributed by atoms with Gasteiger partial charge in [-0.3, -0.25) is 0 Å². The van der Waals surface area contributed by atoms with Gasteiger partial charge < -0.3 is 19.1 Å². The fraction of sp³-hybridized carbons (Fsp3) is 0.143. The quantitative estimate of drug-likeness (QED) is 0.432. The number of halogens is 1. The predicted molar refractivity (Wildman–Crippen MR) is 128 cm³/mol. The van der Waals surface area contributed by atoms with Gasteiger partial charge in [0, 0.05) is 18.9 Å². The molecule has 3 aromatic rings. The number of hydrogen-bond donors (Lipinski definition) is 0. The number of benzene rings is 3. The first-order chi connectivity index (χ1) is 17.0. The number of carbonyl (C=O) groups excluding carboxylic acids is 2. The van der Waals surface area contributed by atoms with Gasteiger partial charge in [0.2, 0.25) is 0 Å². The molecule has 178 valence electrons. The Kier molecular flexibility index (Phi) is 7.26. The molecule has 4 rings (SSSR count). The van der Waals surface area contributed by atoms with E-state index in [0.29, 0.717) is 23.6 Å². The van der Waals surface area contributed by atoms with E-state index in [1.807, 2.05) is 36.4 Å². The van der Waals surface area contributed by atoms with Crippen molar-refractivity contribution >= 4 is 11.9 Å². The molecule has 0 fully saturated rings. The summed E-state index contributed by atoms with van der Waals surface area (Å²) in [6, 6.07) is 22.5. The third-order valence-electron chi connectivity index (χ3n) is 5.52. The summed E-state index contributed by atoms with van der Waals surface area (Å²) in [5, 5.41) is 0. The zero-order chi connectivity index (χ0) is 24.8. The van der Waals surface area contributed by atoms with Crippen molar-refractivity contribution in [3.63, 3.8) is 0 Å². The third kappa shape index (κ3) is 5.58. The molecule has 0 saturated heterocycles. The van der Waals surface area contributed by atoms with Gasteiger partial charge in [-0.25, -0.2) is 14.0 Å². The molecular weight excluding hydrogens is 449 g/mol. The molecule has 1 heterocycles. The molecular formula is C28H24FNO5. The number of rotatable bonds is 7. The van der Waals surface area contributed by atoms with E-state index < -0.39 is 17.9 Å². The molecule has 7 heteroatoms. The maximum atomic E-state index is 13.3. The Bertz CT molecular complexity index is 1230. The summed E-state index contributed by atoms with van der Waals surface area (Å²) in [6.45, 7) is 0.311. The van der Waals surface area contributed by atoms with Crippen molar-refractivity contribution in [2.24, 2.45) is 0 Å². The fourth-order valence-electron chi connectivity index (χ4n) is 3.92. The number of esters is 2. The van der Waals surface area contributed by atoms with E-state index in [-0.39, 0.29) is 17.0 Å². The van der Waals surface area contributed by atoms with Gasteiger partial charge in [0.25, 0.3) is 0 Å². The van der Waals surface area contributed by atoms with Crippen LogP contribution in [0.3, 0.4) is 0 Å². The van der Waals surface area contributed by atoms with Gasteiger partial charge in [-0.05, 0) is 47.5 Å². The number of para-hydroxylation sites is 1. The van der Waals surface area contributed by atoms with Crippen molar-refractivity contribution in [1.82, 2.24) is 4.90 Å². The molecule has 3 aromatic carbocycles. The van der Waals surface area contributed by atoms with Crippen molar-refractivity contribution in [1.29, 1.82) is 0 Å². The second kappa shape index (κ2) is 10.7. The Morgan fingerprint density at radius 2 is 1.40 bits per heavy atom. The number of carbonyl (C=O) groups is 2. The molecule has 1 aliphatic heterocycles. The molecule has 0 aromatic heterocycles. The number of nitrogens with zero attached hydrogens (tertiary/aromatic N) is 1. The topological polar surface area (TPSA) is 65.1 Å². The van der Waals surface area contributed by atoms with Crippen LogP contribution in [0.1, 0.15) is 17.0 Å². The van der Waals surface area contributed by atoms with Crippen molar-refractivity contribution in [3.8, 4) is 11.5 Å². The van der Waals surface area contributed by atoms with Gasteiger partial charge >= 0.3 is 11.9 Å². The number of ether oxygens (including phenoxy) is 3. The summed E-state index contributed by atoms with van der Waals surface area (Å²) in [5.41, 5.74) is 1.97. The minimum atomic E-state index is -0.737. The molecule has 0 amide bonds. The monoisotopic (exact) mass is 473 g/mol. The molecule has 0 unspecified atom stereocenters. The maximum Gasteiger partial charge on any atom is 0.336 e. The summed E-state index contributed by atoms with van der Waals surface area (Å²) in [6.07, 6.45) is 3.27. The summed E-state index contributed by atoms with van der Waals surface area (Å²) in [5.74, 6) is -1.03. The van der Waals surface area contributed by atoms with Gasteiger partial charge in [0.1, 0.15) is 17.3 Å². The van der Waals surface area contributed by atoms with Gasteiger partial charge in [0.15, 0.2) is 0 Å². The smallest absolute Gasteiger partial charge is 0.336 e. The van der Waals surface area contributed by atoms with E-state index in [1.165, 1.54) is 26.4 Å². The Labute approximate surface area is 202 Å². The van der Waals surface area contributed by atoms with Crippen molar-refractivity contribution in [2.45, 2.75) is 12.5 Å². The fourth-order valence-corrected chi connectivity index (χ4v) is 3.92. The zero-order valence-corrected chi connectivity index (χ0v) is 19.3. The first-order valence-corrected chi connectivity index (χ1v) is 10.9. The van der Waals surface area contributed by atoms with Crippen LogP contribution in [-0.2, 0) is 25.6 Å². The lowest BCUT2D eigenvalue weighted by atomic mass is 9.83. The largest absolute Gasteiger partial charge is 0.466 e. The first-order valence-electron chi connectivity index (χ1n) is 10.9. The van der Waals surface area contributed by atoms with E-state index in [4.69, 9.17) is 14.2 Å². The molecule has 0 bridgehead atoms. The second-order valence-electron chi connectivity index (χ2n) is 7.87. The summed E-state index contributed by atoms with van der Waals surface area (Å²) in [4.78, 5) is 27.4. The lowest BCUT2D eigenvalue weighted by Gasteiger charge is -2.30. The van der Waals surface area contributed by atoms with Crippen LogP contribution in [0.4, 0.5) is 4.39 Å². The molecule has 0 atom stereocenters. The van der Waals surface area contributed by atoms with Crippen LogP contribution in [0.2, 0.25) is 0 Å². The van der Waals surface area contributed by atoms with Gasteiger partial charge in [-0.15, -0.1) is 0 Å². The van der Waals surface area contributed by atoms with Crippen molar-refractivity contribution in [2.75, 3.05) is 14.2 Å². The molecule has 0 N–H and O–H groups in total. The van der Waals surface area contributed by atoms with Crippen molar-refractivity contribution < 1.29 is 28.2 Å². The summed E-state index contributed by atoms with van der Waals surface area (Å²) < 4.78 is 29.4. The summed E-state index contributed by atoms with van der Waals surface area (Å²) in [7, 11) is 2.57. The van der Waals surface area contributed by atoms with Crippen LogP contribution < -0.4 is 4.74 Å². The highest BCUT2D eigenvalue weighted by atomic mass is 19.1. The molecule has 1 aliphatic rings. The highest BCUT2D eigenvalue weighted by Gasteiger charge is 2.35. The van der Waals surface area contributed by atoms with E-state index >= 15 is 0 Å². The number of hydrogen-bond acceptors (Lipinski definition) is 6. The minimum Gasteiger partial charge on any atom is -0.466 e. The normalized spacial score (nSPS) is 13.5. The molecule has 6 nitrogen and oxygen atoms in total. The Hall–Kier alpha value is -4.39. The van der Waals surface area contributed by atoms with Crippen LogP contribution in [0.5, 0.6) is 11.5 Å². The Balaban J connectivity index is 1.73. The standard InChI is InChI=1S/C28H24FNO5/c1-33-27(31)24-17-30(16-19-11-13-21(29)14-12-19)18-25(28(32)34-2)26(24)20-7-6-10-23(15-20)35-22-8-4-3-5-9-22/h3-15,17-18,26H,16H2,1-2H3. The Morgan fingerprint density at radius 1 is 0.800 bits per heavy atom. The van der Waals surface area contributed by atoms with Crippen LogP contribution >= 0.6 is 0 Å². The molecule has 35 heavy (non-hydrogen) atoms. The molecule has 0 radical (unpaired) electrons. The van der Waals surface area contributed by atoms with E-state index in [1.54, 1.807) is 47.6 Å². The maximum absolute atomic E-state index is 13.3. The number of methoxy groups -OCH3 is 2.